The second-order valence-electron chi connectivity index (χ2n) is 18.6. The van der Waals surface area contributed by atoms with Gasteiger partial charge in [-0.15, -0.1) is 0 Å². The fourth-order valence-electron chi connectivity index (χ4n) is 10.1. The maximum absolute atomic E-state index is 14.4. The van der Waals surface area contributed by atoms with Crippen LogP contribution in [-0.4, -0.2) is 174 Å². The first-order valence-corrected chi connectivity index (χ1v) is 21.1. The third-order valence-electron chi connectivity index (χ3n) is 13.9. The molecule has 4 aliphatic rings. The predicted molar refractivity (Wildman–Crippen MR) is 211 cm³/mol. The van der Waals surface area contributed by atoms with Crippen LogP contribution in [0.5, 0.6) is 0 Å². The zero-order valence-corrected chi connectivity index (χ0v) is 37.0. The van der Waals surface area contributed by atoms with Crippen molar-refractivity contribution < 1.29 is 63.2 Å². The molecule has 4 N–H and O–H groups in total. The predicted octanol–water partition coefficient (Wildman–Crippen LogP) is 2.51. The van der Waals surface area contributed by atoms with Gasteiger partial charge in [0.05, 0.1) is 59.8 Å². The zero-order valence-electron chi connectivity index (χ0n) is 37.0. The van der Waals surface area contributed by atoms with E-state index >= 15 is 0 Å². The van der Waals surface area contributed by atoms with Crippen LogP contribution in [0.4, 0.5) is 0 Å². The SMILES string of the molecule is CC[C@H]1OC(=O)[C@H](C)[C@@H](O[C@H]2C[C@@](C)(OC)[C@@H](O)[C@H](C)O2)[C@H](C)[C@@H](O[C@@H]2O[C@H](C)C[C@@H](N3CC[C@H](O)C3)[C@@H]2N(C)C)[C@@](C)(OC)C[C@@H](C)C(=O)[C@H](C)[C@@H](O)[C@]1(C)O. The lowest BCUT2D eigenvalue weighted by atomic mass is 9.73. The molecule has 4 aliphatic heterocycles. The Hall–Kier alpha value is -1.34. The van der Waals surface area contributed by atoms with Gasteiger partial charge in [0.25, 0.3) is 0 Å². The number of carbonyl (C=O) groups excluding carboxylic acids is 2. The first-order chi connectivity index (χ1) is 26.5. The maximum Gasteiger partial charge on any atom is 0.311 e. The van der Waals surface area contributed by atoms with Crippen molar-refractivity contribution in [2.75, 3.05) is 41.4 Å². The first kappa shape index (κ1) is 48.3. The summed E-state index contributed by atoms with van der Waals surface area (Å²) in [4.78, 5) is 32.9. The molecule has 0 bridgehead atoms. The molecule has 4 heterocycles. The van der Waals surface area contributed by atoms with Crippen LogP contribution in [0, 0.1) is 23.7 Å². The number of esters is 1. The normalized spacial score (nSPS) is 48.8. The lowest BCUT2D eigenvalue weighted by Crippen LogP contribution is -2.64. The van der Waals surface area contributed by atoms with E-state index in [-0.39, 0.29) is 43.2 Å². The molecular weight excluding hydrogens is 740 g/mol. The average Bonchev–Trinajstić information content (AvgIpc) is 3.60. The van der Waals surface area contributed by atoms with Gasteiger partial charge in [-0.3, -0.25) is 14.5 Å². The lowest BCUT2D eigenvalue weighted by Gasteiger charge is -2.51. The van der Waals surface area contributed by atoms with E-state index in [9.17, 15) is 30.0 Å². The van der Waals surface area contributed by atoms with Crippen molar-refractivity contribution >= 4 is 11.8 Å². The highest BCUT2D eigenvalue weighted by Crippen LogP contribution is 2.42. The van der Waals surface area contributed by atoms with Gasteiger partial charge in [-0.1, -0.05) is 27.7 Å². The number of ketones is 1. The molecule has 57 heavy (non-hydrogen) atoms. The molecule has 0 spiro atoms. The number of hydrogen-bond acceptors (Lipinski definition) is 15. The number of β-amino-alcohol motifs (C(OH)–C–C–N with tert-alkyl or cyclic N) is 1. The molecule has 15 nitrogen and oxygen atoms in total. The van der Waals surface area contributed by atoms with Gasteiger partial charge in [0.15, 0.2) is 12.6 Å². The number of carbonyl (C=O) groups is 2. The number of ether oxygens (including phenoxy) is 7. The number of hydrogen-bond donors (Lipinski definition) is 4. The molecule has 332 valence electrons. The molecule has 0 unspecified atom stereocenters. The summed E-state index contributed by atoms with van der Waals surface area (Å²) in [6, 6.07) is -0.283. The van der Waals surface area contributed by atoms with Gasteiger partial charge in [-0.05, 0) is 81.3 Å². The first-order valence-electron chi connectivity index (χ1n) is 21.1. The van der Waals surface area contributed by atoms with Crippen LogP contribution in [0.15, 0.2) is 0 Å². The standard InChI is InChI=1S/C42H76N2O13/c1-15-30-42(10,50)35(47)24(4)33(46)22(2)19-41(9,52-14)37(57-39-32(43(11)12)29(18-23(3)53-39)44-17-16-28(45)21-44)25(5)34(26(6)38(49)55-30)56-31-20-40(8,51-13)36(48)27(7)54-31/h22-32,34-37,39,45,47-48,50H,15-21H2,1-14H3/t22-,23-,24+,25+,26-,27+,28+,29-,30-,31+,32+,34+,35-,36+,37-,39+,40-,41+,42-/m1/s1. The van der Waals surface area contributed by atoms with E-state index in [1.54, 1.807) is 48.7 Å². The van der Waals surface area contributed by atoms with E-state index in [4.69, 9.17) is 33.2 Å². The number of Topliss-reactive ketones (excluding diaryl/α,β-unsaturated/α-hetero) is 1. The molecule has 0 aromatic heterocycles. The quantitative estimate of drug-likeness (QED) is 0.249. The largest absolute Gasteiger partial charge is 0.459 e. The van der Waals surface area contributed by atoms with Crippen LogP contribution in [-0.2, 0) is 42.7 Å². The van der Waals surface area contributed by atoms with Gasteiger partial charge >= 0.3 is 5.97 Å². The van der Waals surface area contributed by atoms with Crippen molar-refractivity contribution in [3.05, 3.63) is 0 Å². The Morgan fingerprint density at radius 2 is 1.51 bits per heavy atom. The topological polar surface area (TPSA) is 186 Å². The minimum atomic E-state index is -1.96. The Balaban J connectivity index is 1.88. The van der Waals surface area contributed by atoms with E-state index in [0.717, 1.165) is 13.0 Å². The molecule has 0 aromatic carbocycles. The summed E-state index contributed by atoms with van der Waals surface area (Å²) in [5.41, 5.74) is -4.19. The average molecular weight is 817 g/mol. The highest BCUT2D eigenvalue weighted by Gasteiger charge is 2.54. The second kappa shape index (κ2) is 19.1. The number of aliphatic hydroxyl groups excluding tert-OH is 3. The monoisotopic (exact) mass is 817 g/mol. The smallest absolute Gasteiger partial charge is 0.311 e. The summed E-state index contributed by atoms with van der Waals surface area (Å²) in [6.07, 6.45) is -6.66. The van der Waals surface area contributed by atoms with Gasteiger partial charge in [0.1, 0.15) is 23.6 Å². The van der Waals surface area contributed by atoms with E-state index in [2.05, 4.69) is 9.80 Å². The maximum atomic E-state index is 14.4. The van der Waals surface area contributed by atoms with E-state index in [0.29, 0.717) is 13.0 Å². The summed E-state index contributed by atoms with van der Waals surface area (Å²) in [5.74, 6) is -4.31. The van der Waals surface area contributed by atoms with Gasteiger partial charge in [0.2, 0.25) is 0 Å². The van der Waals surface area contributed by atoms with Crippen molar-refractivity contribution in [1.82, 2.24) is 9.80 Å². The fraction of sp³-hybridized carbons (Fsp3) is 0.952. The van der Waals surface area contributed by atoms with Crippen molar-refractivity contribution in [2.24, 2.45) is 23.7 Å². The third-order valence-corrected chi connectivity index (χ3v) is 13.9. The van der Waals surface area contributed by atoms with Crippen LogP contribution in [0.3, 0.4) is 0 Å². The van der Waals surface area contributed by atoms with Crippen molar-refractivity contribution in [3.8, 4) is 0 Å². The van der Waals surface area contributed by atoms with Crippen molar-refractivity contribution in [2.45, 2.75) is 192 Å². The molecule has 0 aromatic rings. The molecule has 0 saturated carbocycles. The fourth-order valence-corrected chi connectivity index (χ4v) is 10.1. The number of likely N-dealkylation sites (N-methyl/N-ethyl adjacent to an activating group) is 1. The number of rotatable bonds is 9. The molecule has 15 heteroatoms. The summed E-state index contributed by atoms with van der Waals surface area (Å²) in [6.45, 7) is 18.8. The van der Waals surface area contributed by atoms with Crippen LogP contribution >= 0.6 is 0 Å². The Morgan fingerprint density at radius 1 is 0.877 bits per heavy atom. The highest BCUT2D eigenvalue weighted by molar-refractivity contribution is 5.83. The van der Waals surface area contributed by atoms with E-state index < -0.39 is 102 Å². The summed E-state index contributed by atoms with van der Waals surface area (Å²) in [7, 11) is 7.04. The number of aliphatic hydroxyl groups is 4. The van der Waals surface area contributed by atoms with Crippen LogP contribution in [0.25, 0.3) is 0 Å². The van der Waals surface area contributed by atoms with Crippen molar-refractivity contribution in [1.29, 1.82) is 0 Å². The minimum absolute atomic E-state index is 0.00801. The number of methoxy groups -OCH3 is 2. The molecule has 0 radical (unpaired) electrons. The Labute approximate surface area is 340 Å². The van der Waals surface area contributed by atoms with Crippen LogP contribution < -0.4 is 0 Å². The molecule has 0 amide bonds. The molecule has 19 atom stereocenters. The zero-order chi connectivity index (χ0) is 42.9. The van der Waals surface area contributed by atoms with E-state index in [1.807, 2.05) is 34.9 Å². The van der Waals surface area contributed by atoms with Gasteiger partial charge in [0, 0.05) is 57.5 Å². The molecule has 4 saturated heterocycles. The minimum Gasteiger partial charge on any atom is -0.459 e. The Morgan fingerprint density at radius 3 is 2.05 bits per heavy atom. The second-order valence-corrected chi connectivity index (χ2v) is 18.6. The molecule has 4 rings (SSSR count). The molecule has 0 aliphatic carbocycles. The number of likely N-dealkylation sites (tertiary alicyclic amines) is 1. The third kappa shape index (κ3) is 10.2. The van der Waals surface area contributed by atoms with Crippen LogP contribution in [0.1, 0.15) is 101 Å². The van der Waals surface area contributed by atoms with Gasteiger partial charge in [-0.25, -0.2) is 0 Å². The van der Waals surface area contributed by atoms with Gasteiger partial charge in [-0.2, -0.15) is 0 Å². The summed E-state index contributed by atoms with van der Waals surface area (Å²) >= 11 is 0. The number of nitrogens with zero attached hydrogens (tertiary/aromatic N) is 2. The number of cyclic esters (lactones) is 1. The highest BCUT2D eigenvalue weighted by atomic mass is 16.7. The summed E-state index contributed by atoms with van der Waals surface area (Å²) < 4.78 is 45.3. The molecular formula is C42H76N2O13. The van der Waals surface area contributed by atoms with E-state index in [1.165, 1.54) is 14.0 Å². The van der Waals surface area contributed by atoms with Crippen molar-refractivity contribution in [3.63, 3.8) is 0 Å². The Kier molecular flexibility index (Phi) is 16.2. The lowest BCUT2D eigenvalue weighted by molar-refractivity contribution is -0.314. The van der Waals surface area contributed by atoms with Crippen LogP contribution in [0.2, 0.25) is 0 Å². The summed E-state index contributed by atoms with van der Waals surface area (Å²) in [5, 5.41) is 44.8. The van der Waals surface area contributed by atoms with Gasteiger partial charge < -0.3 is 58.5 Å². The Bertz CT molecular complexity index is 1340. The molecule has 4 fully saturated rings.